The van der Waals surface area contributed by atoms with Gasteiger partial charge in [0.05, 0.1) is 5.56 Å². The number of aliphatic hydroxyl groups excluding tert-OH is 1. The molecule has 0 aliphatic carbocycles. The lowest BCUT2D eigenvalue weighted by Crippen LogP contribution is -2.38. The highest BCUT2D eigenvalue weighted by Gasteiger charge is 2.19. The average Bonchev–Trinajstić information content (AvgIpc) is 2.82. The normalized spacial score (nSPS) is 12.4. The first-order valence-corrected chi connectivity index (χ1v) is 10.7. The number of carbonyl (C=O) groups excluding carboxylic acids is 2. The van der Waals surface area contributed by atoms with Crippen LogP contribution in [-0.2, 0) is 16.0 Å². The Labute approximate surface area is 198 Å². The van der Waals surface area contributed by atoms with Crippen molar-refractivity contribution in [1.29, 1.82) is 0 Å². The summed E-state index contributed by atoms with van der Waals surface area (Å²) >= 11 is 0. The van der Waals surface area contributed by atoms with E-state index in [0.717, 1.165) is 5.56 Å². The minimum atomic E-state index is -0.936. The fourth-order valence-electron chi connectivity index (χ4n) is 2.94. The Hall–Kier alpha value is -3.60. The monoisotopic (exact) mass is 473 g/mol. The SMILES string of the molecule is C=CCOc1ccccc1C[C@H](N)C(=O)OCC(O)CNCCOc1ccc(O)c(C(N)=O)c1. The average molecular weight is 474 g/mol. The summed E-state index contributed by atoms with van der Waals surface area (Å²) < 4.78 is 16.2. The van der Waals surface area contributed by atoms with Crippen molar-refractivity contribution in [2.24, 2.45) is 11.5 Å². The van der Waals surface area contributed by atoms with Crippen molar-refractivity contribution in [2.45, 2.75) is 18.6 Å². The van der Waals surface area contributed by atoms with Gasteiger partial charge in [0.25, 0.3) is 5.91 Å². The lowest BCUT2D eigenvalue weighted by Gasteiger charge is -2.16. The number of ether oxygens (including phenoxy) is 3. The van der Waals surface area contributed by atoms with E-state index in [4.69, 9.17) is 25.7 Å². The molecule has 2 rings (SSSR count). The number of esters is 1. The number of hydrogen-bond acceptors (Lipinski definition) is 9. The third-order valence-electron chi connectivity index (χ3n) is 4.65. The number of aliphatic hydroxyl groups is 1. The smallest absolute Gasteiger partial charge is 0.323 e. The van der Waals surface area contributed by atoms with Gasteiger partial charge in [-0.1, -0.05) is 30.9 Å². The first-order valence-electron chi connectivity index (χ1n) is 10.7. The van der Waals surface area contributed by atoms with Gasteiger partial charge in [0.15, 0.2) is 0 Å². The fraction of sp³-hybridized carbons (Fsp3) is 0.333. The van der Waals surface area contributed by atoms with Gasteiger partial charge in [-0.05, 0) is 29.8 Å². The zero-order valence-corrected chi connectivity index (χ0v) is 18.8. The van der Waals surface area contributed by atoms with Crippen LogP contribution in [0, 0.1) is 0 Å². The molecule has 0 saturated heterocycles. The molecular formula is C24H31N3O7. The first-order chi connectivity index (χ1) is 16.3. The summed E-state index contributed by atoms with van der Waals surface area (Å²) in [7, 11) is 0. The number of benzene rings is 2. The van der Waals surface area contributed by atoms with Crippen molar-refractivity contribution in [3.63, 3.8) is 0 Å². The zero-order chi connectivity index (χ0) is 24.9. The molecule has 2 atom stereocenters. The standard InChI is InChI=1S/C24H31N3O7/c1-2-10-33-22-6-4-3-5-16(22)12-20(25)24(31)34-15-17(28)14-27-9-11-32-18-7-8-21(29)19(13-18)23(26)30/h2-8,13,17,20,27-29H,1,9-12,14-15,25H2,(H2,26,30)/t17?,20-/m0/s1. The lowest BCUT2D eigenvalue weighted by molar-refractivity contribution is -0.148. The Kier molecular flexibility index (Phi) is 10.8. The summed E-state index contributed by atoms with van der Waals surface area (Å²) in [6.45, 7) is 4.50. The summed E-state index contributed by atoms with van der Waals surface area (Å²) in [5.41, 5.74) is 11.9. The van der Waals surface area contributed by atoms with E-state index in [-0.39, 0.29) is 37.5 Å². The Morgan fingerprint density at radius 1 is 1.18 bits per heavy atom. The van der Waals surface area contributed by atoms with Gasteiger partial charge in [0.1, 0.15) is 49.2 Å². The van der Waals surface area contributed by atoms with Gasteiger partial charge in [0.2, 0.25) is 0 Å². The summed E-state index contributed by atoms with van der Waals surface area (Å²) in [6.07, 6.45) is 0.918. The Bertz CT molecular complexity index is 967. The highest BCUT2D eigenvalue weighted by atomic mass is 16.5. The number of nitrogens with two attached hydrogens (primary N) is 2. The molecule has 184 valence electrons. The molecule has 7 N–H and O–H groups in total. The van der Waals surface area contributed by atoms with E-state index < -0.39 is 24.0 Å². The third-order valence-corrected chi connectivity index (χ3v) is 4.65. The van der Waals surface area contributed by atoms with E-state index in [1.807, 2.05) is 18.2 Å². The number of nitrogens with one attached hydrogen (secondary N) is 1. The maximum absolute atomic E-state index is 12.2. The van der Waals surface area contributed by atoms with Gasteiger partial charge in [-0.25, -0.2) is 0 Å². The van der Waals surface area contributed by atoms with Crippen LogP contribution >= 0.6 is 0 Å². The van der Waals surface area contributed by atoms with E-state index in [2.05, 4.69) is 11.9 Å². The van der Waals surface area contributed by atoms with Gasteiger partial charge in [-0.2, -0.15) is 0 Å². The van der Waals surface area contributed by atoms with Crippen LogP contribution in [0.1, 0.15) is 15.9 Å². The molecule has 0 saturated carbocycles. The van der Waals surface area contributed by atoms with E-state index >= 15 is 0 Å². The number of aromatic hydroxyl groups is 1. The molecule has 0 heterocycles. The summed E-state index contributed by atoms with van der Waals surface area (Å²) in [4.78, 5) is 23.4. The molecule has 10 nitrogen and oxygen atoms in total. The van der Waals surface area contributed by atoms with Crippen molar-refractivity contribution in [1.82, 2.24) is 5.32 Å². The van der Waals surface area contributed by atoms with Gasteiger partial charge >= 0.3 is 5.97 Å². The third kappa shape index (κ3) is 8.74. The van der Waals surface area contributed by atoms with E-state index in [9.17, 15) is 19.8 Å². The number of rotatable bonds is 15. The molecule has 0 aliphatic heterocycles. The molecular weight excluding hydrogens is 442 g/mol. The second kappa shape index (κ2) is 13.8. The molecule has 0 aromatic heterocycles. The molecule has 0 bridgehead atoms. The van der Waals surface area contributed by atoms with E-state index in [0.29, 0.717) is 24.7 Å². The Morgan fingerprint density at radius 3 is 2.68 bits per heavy atom. The molecule has 0 aliphatic rings. The van der Waals surface area contributed by atoms with E-state index in [1.54, 1.807) is 12.1 Å². The van der Waals surface area contributed by atoms with Crippen molar-refractivity contribution >= 4 is 11.9 Å². The minimum Gasteiger partial charge on any atom is -0.507 e. The minimum absolute atomic E-state index is 0.0336. The van der Waals surface area contributed by atoms with Crippen molar-refractivity contribution in [2.75, 3.05) is 32.9 Å². The number of amides is 1. The molecule has 1 unspecified atom stereocenters. The molecule has 2 aromatic rings. The number of primary amides is 1. The lowest BCUT2D eigenvalue weighted by atomic mass is 10.1. The molecule has 34 heavy (non-hydrogen) atoms. The van der Waals surface area contributed by atoms with Gasteiger partial charge < -0.3 is 41.2 Å². The fourth-order valence-corrected chi connectivity index (χ4v) is 2.94. The van der Waals surface area contributed by atoms with Gasteiger partial charge in [-0.15, -0.1) is 0 Å². The molecule has 0 spiro atoms. The molecule has 1 amide bonds. The zero-order valence-electron chi connectivity index (χ0n) is 18.8. The van der Waals surface area contributed by atoms with Crippen LogP contribution in [0.25, 0.3) is 0 Å². The quantitative estimate of drug-likeness (QED) is 0.141. The molecule has 2 aromatic carbocycles. The summed E-state index contributed by atoms with van der Waals surface area (Å²) in [6, 6.07) is 10.5. The van der Waals surface area contributed by atoms with Crippen molar-refractivity contribution in [3.8, 4) is 17.2 Å². The van der Waals surface area contributed by atoms with Crippen LogP contribution in [0.2, 0.25) is 0 Å². The van der Waals surface area contributed by atoms with E-state index in [1.165, 1.54) is 18.2 Å². The number of phenols is 1. The summed E-state index contributed by atoms with van der Waals surface area (Å²) in [5, 5.41) is 22.6. The highest BCUT2D eigenvalue weighted by molar-refractivity contribution is 5.95. The summed E-state index contributed by atoms with van der Waals surface area (Å²) in [5.74, 6) is -0.619. The van der Waals surface area contributed by atoms with Crippen LogP contribution in [0.4, 0.5) is 0 Å². The van der Waals surface area contributed by atoms with Crippen LogP contribution < -0.4 is 26.3 Å². The Morgan fingerprint density at radius 2 is 1.94 bits per heavy atom. The predicted octanol–water partition coefficient (Wildman–Crippen LogP) is 0.498. The number of hydrogen-bond donors (Lipinski definition) is 5. The maximum atomic E-state index is 12.2. The second-order valence-electron chi connectivity index (χ2n) is 7.40. The number of para-hydroxylation sites is 1. The molecule has 0 radical (unpaired) electrons. The van der Waals surface area contributed by atoms with Crippen molar-refractivity contribution in [3.05, 3.63) is 66.2 Å². The molecule has 0 fully saturated rings. The van der Waals surface area contributed by atoms with Gasteiger partial charge in [0, 0.05) is 19.5 Å². The molecule has 10 heteroatoms. The number of carbonyl (C=O) groups is 2. The largest absolute Gasteiger partial charge is 0.507 e. The highest BCUT2D eigenvalue weighted by Crippen LogP contribution is 2.22. The van der Waals surface area contributed by atoms with Crippen molar-refractivity contribution < 1.29 is 34.0 Å². The topological polar surface area (TPSA) is 166 Å². The van der Waals surface area contributed by atoms with Gasteiger partial charge in [-0.3, -0.25) is 9.59 Å². The van der Waals surface area contributed by atoms with Crippen LogP contribution in [0.15, 0.2) is 55.1 Å². The predicted molar refractivity (Wildman–Crippen MR) is 126 cm³/mol. The Balaban J connectivity index is 1.67. The first kappa shape index (κ1) is 26.7. The second-order valence-corrected chi connectivity index (χ2v) is 7.40. The van der Waals surface area contributed by atoms with Crippen LogP contribution in [0.5, 0.6) is 17.2 Å². The maximum Gasteiger partial charge on any atom is 0.323 e. The van der Waals surface area contributed by atoms with Crippen LogP contribution in [-0.4, -0.2) is 67.1 Å². The van der Waals surface area contributed by atoms with Crippen LogP contribution in [0.3, 0.4) is 0 Å².